The lowest BCUT2D eigenvalue weighted by atomic mass is 9.88. The molecule has 4 aliphatic rings. The van der Waals surface area contributed by atoms with E-state index in [1.165, 1.54) is 70.2 Å². The molecule has 2 aromatic carbocycles. The SMILES string of the molecule is Cc1cc2c(cc1C1CCCOC1)CN=C2.Cc1cc2c(cc1C1CCCOC1)CN=C2. The minimum Gasteiger partial charge on any atom is -0.381 e. The third-order valence-corrected chi connectivity index (χ3v) is 7.24. The van der Waals surface area contributed by atoms with E-state index in [4.69, 9.17) is 9.47 Å². The minimum atomic E-state index is 0.597. The van der Waals surface area contributed by atoms with Gasteiger partial charge in [0, 0.05) is 37.5 Å². The van der Waals surface area contributed by atoms with Gasteiger partial charge in [-0.15, -0.1) is 0 Å². The number of hydrogen-bond acceptors (Lipinski definition) is 4. The van der Waals surface area contributed by atoms with Gasteiger partial charge in [-0.2, -0.15) is 0 Å². The summed E-state index contributed by atoms with van der Waals surface area (Å²) in [6.07, 6.45) is 8.89. The van der Waals surface area contributed by atoms with Crippen LogP contribution in [0, 0.1) is 13.8 Å². The second kappa shape index (κ2) is 9.68. The second-order valence-corrected chi connectivity index (χ2v) is 9.58. The summed E-state index contributed by atoms with van der Waals surface area (Å²) in [6, 6.07) is 9.24. The van der Waals surface area contributed by atoms with Gasteiger partial charge in [0.2, 0.25) is 0 Å². The van der Waals surface area contributed by atoms with Crippen LogP contribution >= 0.6 is 0 Å². The average Bonchev–Trinajstić information content (AvgIpc) is 3.48. The molecule has 0 saturated carbocycles. The molecular formula is C28H34N2O2. The van der Waals surface area contributed by atoms with Gasteiger partial charge in [-0.3, -0.25) is 9.98 Å². The number of rotatable bonds is 2. The lowest BCUT2D eigenvalue weighted by Crippen LogP contribution is -2.16. The Labute approximate surface area is 191 Å². The number of nitrogens with zero attached hydrogens (tertiary/aromatic N) is 2. The molecule has 168 valence electrons. The molecule has 32 heavy (non-hydrogen) atoms. The third-order valence-electron chi connectivity index (χ3n) is 7.24. The highest BCUT2D eigenvalue weighted by molar-refractivity contribution is 5.85. The predicted molar refractivity (Wildman–Crippen MR) is 131 cm³/mol. The van der Waals surface area contributed by atoms with E-state index < -0.39 is 0 Å². The van der Waals surface area contributed by atoms with Crippen LogP contribution in [0.25, 0.3) is 0 Å². The van der Waals surface area contributed by atoms with Gasteiger partial charge in [0.05, 0.1) is 26.3 Å². The minimum absolute atomic E-state index is 0.597. The van der Waals surface area contributed by atoms with E-state index in [2.05, 4.69) is 48.1 Å². The number of fused-ring (bicyclic) bond motifs is 2. The molecule has 4 nitrogen and oxygen atoms in total. The molecule has 4 heteroatoms. The zero-order chi connectivity index (χ0) is 21.9. The molecule has 0 N–H and O–H groups in total. The summed E-state index contributed by atoms with van der Waals surface area (Å²) >= 11 is 0. The molecule has 0 spiro atoms. The highest BCUT2D eigenvalue weighted by Gasteiger charge is 2.21. The fourth-order valence-electron chi connectivity index (χ4n) is 5.44. The van der Waals surface area contributed by atoms with E-state index in [9.17, 15) is 0 Å². The van der Waals surface area contributed by atoms with Gasteiger partial charge < -0.3 is 9.47 Å². The van der Waals surface area contributed by atoms with Crippen LogP contribution in [0.2, 0.25) is 0 Å². The van der Waals surface area contributed by atoms with Crippen LogP contribution in [0.4, 0.5) is 0 Å². The number of ether oxygens (including phenoxy) is 2. The normalized spacial score (nSPS) is 23.4. The number of aliphatic imine (C=N–C) groups is 2. The molecule has 2 aromatic rings. The fourth-order valence-corrected chi connectivity index (χ4v) is 5.44. The van der Waals surface area contributed by atoms with Gasteiger partial charge in [0.25, 0.3) is 0 Å². The van der Waals surface area contributed by atoms with Crippen molar-refractivity contribution in [1.82, 2.24) is 0 Å². The number of hydrogen-bond donors (Lipinski definition) is 0. The molecule has 2 unspecified atom stereocenters. The van der Waals surface area contributed by atoms with Crippen LogP contribution in [0.15, 0.2) is 34.3 Å². The van der Waals surface area contributed by atoms with E-state index in [-0.39, 0.29) is 0 Å². The molecule has 2 fully saturated rings. The van der Waals surface area contributed by atoms with Crippen molar-refractivity contribution in [2.45, 2.75) is 64.5 Å². The zero-order valence-electron chi connectivity index (χ0n) is 19.4. The highest BCUT2D eigenvalue weighted by atomic mass is 16.5. The Hall–Kier alpha value is -2.30. The fraction of sp³-hybridized carbons (Fsp3) is 0.500. The molecule has 0 radical (unpaired) electrons. The molecule has 2 saturated heterocycles. The first-order chi connectivity index (χ1) is 15.7. The first-order valence-electron chi connectivity index (χ1n) is 12.1. The van der Waals surface area contributed by atoms with E-state index in [0.717, 1.165) is 39.5 Å². The maximum absolute atomic E-state index is 5.58. The Morgan fingerprint density at radius 1 is 0.688 bits per heavy atom. The predicted octanol–water partition coefficient (Wildman–Crippen LogP) is 5.64. The summed E-state index contributed by atoms with van der Waals surface area (Å²) in [5, 5.41) is 0. The summed E-state index contributed by atoms with van der Waals surface area (Å²) < 4.78 is 11.2. The van der Waals surface area contributed by atoms with Gasteiger partial charge >= 0.3 is 0 Å². The molecule has 2 atom stereocenters. The Balaban J connectivity index is 0.000000135. The van der Waals surface area contributed by atoms with Crippen LogP contribution in [-0.4, -0.2) is 38.9 Å². The summed E-state index contributed by atoms with van der Waals surface area (Å²) in [5.74, 6) is 1.19. The highest BCUT2D eigenvalue weighted by Crippen LogP contribution is 2.32. The third kappa shape index (κ3) is 4.57. The first kappa shape index (κ1) is 21.5. The quantitative estimate of drug-likeness (QED) is 0.618. The van der Waals surface area contributed by atoms with Gasteiger partial charge in [0.1, 0.15) is 0 Å². The van der Waals surface area contributed by atoms with Crippen LogP contribution < -0.4 is 0 Å². The number of benzene rings is 2. The first-order valence-corrected chi connectivity index (χ1v) is 12.1. The maximum atomic E-state index is 5.58. The lowest BCUT2D eigenvalue weighted by Gasteiger charge is -2.24. The molecule has 0 amide bonds. The van der Waals surface area contributed by atoms with E-state index in [1.54, 1.807) is 0 Å². The zero-order valence-corrected chi connectivity index (χ0v) is 19.4. The molecule has 0 aromatic heterocycles. The molecule has 4 aliphatic heterocycles. The number of aryl methyl sites for hydroxylation is 2. The van der Waals surface area contributed by atoms with Crippen LogP contribution in [0.5, 0.6) is 0 Å². The largest absolute Gasteiger partial charge is 0.381 e. The molecular weight excluding hydrogens is 396 g/mol. The van der Waals surface area contributed by atoms with Crippen molar-refractivity contribution in [1.29, 1.82) is 0 Å². The maximum Gasteiger partial charge on any atom is 0.0646 e. The van der Waals surface area contributed by atoms with Crippen LogP contribution in [0.3, 0.4) is 0 Å². The van der Waals surface area contributed by atoms with Crippen molar-refractivity contribution in [2.75, 3.05) is 26.4 Å². The Morgan fingerprint density at radius 2 is 1.16 bits per heavy atom. The summed E-state index contributed by atoms with van der Waals surface area (Å²) in [7, 11) is 0. The lowest BCUT2D eigenvalue weighted by molar-refractivity contribution is 0.0802. The molecule has 4 heterocycles. The average molecular weight is 431 g/mol. The van der Waals surface area contributed by atoms with Gasteiger partial charge in [-0.25, -0.2) is 0 Å². The Morgan fingerprint density at radius 3 is 1.56 bits per heavy atom. The van der Waals surface area contributed by atoms with E-state index >= 15 is 0 Å². The Bertz CT molecular complexity index is 945. The summed E-state index contributed by atoms with van der Waals surface area (Å²) in [5.41, 5.74) is 11.1. The van der Waals surface area contributed by atoms with Crippen molar-refractivity contribution in [3.63, 3.8) is 0 Å². The van der Waals surface area contributed by atoms with Crippen molar-refractivity contribution < 1.29 is 9.47 Å². The monoisotopic (exact) mass is 430 g/mol. The smallest absolute Gasteiger partial charge is 0.0646 e. The van der Waals surface area contributed by atoms with Crippen molar-refractivity contribution >= 4 is 12.4 Å². The summed E-state index contributed by atoms with van der Waals surface area (Å²) in [6.45, 7) is 9.77. The Kier molecular flexibility index (Phi) is 6.52. The van der Waals surface area contributed by atoms with Gasteiger partial charge in [-0.1, -0.05) is 12.1 Å². The van der Waals surface area contributed by atoms with Crippen molar-refractivity contribution in [2.24, 2.45) is 9.98 Å². The summed E-state index contributed by atoms with van der Waals surface area (Å²) in [4.78, 5) is 8.64. The van der Waals surface area contributed by atoms with Crippen molar-refractivity contribution in [3.05, 3.63) is 68.8 Å². The standard InChI is InChI=1S/2C14H17NO/c2*1-10-5-12-7-15-8-13(12)6-14(10)11-3-2-4-16-9-11/h2*5-7,11H,2-4,8-9H2,1H3. The van der Waals surface area contributed by atoms with Gasteiger partial charge in [-0.05, 0) is 96.2 Å². The van der Waals surface area contributed by atoms with Gasteiger partial charge in [0.15, 0.2) is 0 Å². The van der Waals surface area contributed by atoms with E-state index in [0.29, 0.717) is 11.8 Å². The second-order valence-electron chi connectivity index (χ2n) is 9.58. The van der Waals surface area contributed by atoms with Crippen LogP contribution in [0.1, 0.15) is 82.0 Å². The van der Waals surface area contributed by atoms with E-state index in [1.807, 2.05) is 12.4 Å². The molecule has 6 rings (SSSR count). The topological polar surface area (TPSA) is 43.2 Å². The molecule has 0 bridgehead atoms. The van der Waals surface area contributed by atoms with Crippen LogP contribution in [-0.2, 0) is 22.6 Å². The molecule has 0 aliphatic carbocycles. The van der Waals surface area contributed by atoms with Crippen molar-refractivity contribution in [3.8, 4) is 0 Å².